The first-order chi connectivity index (χ1) is 16.4. The maximum Gasteiger partial charge on any atom is 0.330 e. The molecule has 4 saturated carbocycles. The molecule has 1 aromatic carbocycles. The van der Waals surface area contributed by atoms with Crippen LogP contribution in [0.3, 0.4) is 0 Å². The van der Waals surface area contributed by atoms with Gasteiger partial charge in [0.15, 0.2) is 0 Å². The van der Waals surface area contributed by atoms with Crippen molar-refractivity contribution in [2.24, 2.45) is 59.2 Å². The van der Waals surface area contributed by atoms with Crippen molar-refractivity contribution >= 4 is 18.0 Å². The van der Waals surface area contributed by atoms with Gasteiger partial charge in [0, 0.05) is 13.0 Å². The van der Waals surface area contributed by atoms with Gasteiger partial charge in [-0.1, -0.05) is 44.2 Å². The molecule has 4 bridgehead atoms. The topological polar surface area (TPSA) is 52.6 Å². The Balaban J connectivity index is 1.14. The first kappa shape index (κ1) is 23.6. The van der Waals surface area contributed by atoms with Gasteiger partial charge >= 0.3 is 11.9 Å². The summed E-state index contributed by atoms with van der Waals surface area (Å²) < 4.78 is 11.1. The maximum atomic E-state index is 12.3. The number of benzene rings is 1. The van der Waals surface area contributed by atoms with Crippen LogP contribution in [0.4, 0.5) is 0 Å². The highest BCUT2D eigenvalue weighted by atomic mass is 16.5. The molecule has 0 radical (unpaired) electrons. The molecule has 0 spiro atoms. The zero-order valence-corrected chi connectivity index (χ0v) is 20.9. The summed E-state index contributed by atoms with van der Waals surface area (Å²) in [4.78, 5) is 23.6. The number of hydrogen-bond acceptors (Lipinski definition) is 4. The third kappa shape index (κ3) is 4.70. The summed E-state index contributed by atoms with van der Waals surface area (Å²) >= 11 is 0. The van der Waals surface area contributed by atoms with E-state index in [1.165, 1.54) is 39.0 Å². The lowest BCUT2D eigenvalue weighted by Crippen LogP contribution is -2.35. The van der Waals surface area contributed by atoms with Crippen molar-refractivity contribution in [3.8, 4) is 0 Å². The van der Waals surface area contributed by atoms with Gasteiger partial charge in [0.25, 0.3) is 0 Å². The fraction of sp³-hybridized carbons (Fsp3) is 0.667. The molecule has 4 fully saturated rings. The van der Waals surface area contributed by atoms with Gasteiger partial charge < -0.3 is 9.47 Å². The lowest BCUT2D eigenvalue weighted by Gasteiger charge is -2.40. The highest BCUT2D eigenvalue weighted by molar-refractivity contribution is 5.87. The van der Waals surface area contributed by atoms with E-state index in [1.54, 1.807) is 6.08 Å². The summed E-state index contributed by atoms with van der Waals surface area (Å²) in [6, 6.07) is 9.89. The van der Waals surface area contributed by atoms with Gasteiger partial charge in [-0.05, 0) is 103 Å². The summed E-state index contributed by atoms with van der Waals surface area (Å²) in [5.41, 5.74) is 1.02. The van der Waals surface area contributed by atoms with Crippen molar-refractivity contribution in [1.82, 2.24) is 0 Å². The van der Waals surface area contributed by atoms with E-state index >= 15 is 0 Å². The molecule has 5 rings (SSSR count). The largest absolute Gasteiger partial charge is 0.466 e. The number of fused-ring (bicyclic) bond motifs is 4. The van der Waals surface area contributed by atoms with Crippen LogP contribution in [-0.2, 0) is 19.1 Å². The average molecular weight is 465 g/mol. The van der Waals surface area contributed by atoms with E-state index in [9.17, 15) is 9.59 Å². The second-order valence-electron chi connectivity index (χ2n) is 11.8. The Kier molecular flexibility index (Phi) is 6.86. The van der Waals surface area contributed by atoms with Crippen LogP contribution in [0.25, 0.3) is 6.08 Å². The normalized spacial score (nSPS) is 40.2. The Hall–Kier alpha value is -2.10. The summed E-state index contributed by atoms with van der Waals surface area (Å²) in [5, 5.41) is 0. The van der Waals surface area contributed by atoms with Crippen molar-refractivity contribution in [3.05, 3.63) is 42.0 Å². The molecule has 4 nitrogen and oxygen atoms in total. The van der Waals surface area contributed by atoms with Crippen molar-refractivity contribution in [2.75, 3.05) is 13.2 Å². The lowest BCUT2D eigenvalue weighted by atomic mass is 9.66. The molecule has 0 heterocycles. The Labute approximate surface area is 204 Å². The monoisotopic (exact) mass is 464 g/mol. The first-order valence-corrected chi connectivity index (χ1v) is 13.4. The third-order valence-electron chi connectivity index (χ3n) is 10.2. The number of carbonyl (C=O) groups excluding carboxylic acids is 2. The standard InChI is InChI=1S/C30H40O4/c1-18-22-11-25(17-34-30(32)10-9-21-7-5-4-6-8-21)29(13-22)28(18)15-27-19(2)26-14-23(27)12-24(26)16-33-20(3)31/h4-10,18-19,22-29H,11-17H2,1-3H3/b10-9+. The molecule has 0 saturated heterocycles. The van der Waals surface area contributed by atoms with Crippen LogP contribution in [0.1, 0.15) is 58.4 Å². The molecule has 0 N–H and O–H groups in total. The summed E-state index contributed by atoms with van der Waals surface area (Å²) in [5.74, 6) is 6.81. The van der Waals surface area contributed by atoms with Crippen molar-refractivity contribution in [2.45, 2.75) is 52.9 Å². The Bertz CT molecular complexity index is 906. The minimum atomic E-state index is -0.225. The van der Waals surface area contributed by atoms with Gasteiger partial charge in [0.05, 0.1) is 13.2 Å². The van der Waals surface area contributed by atoms with Gasteiger partial charge in [-0.15, -0.1) is 0 Å². The third-order valence-corrected chi connectivity index (χ3v) is 10.2. The molecule has 10 unspecified atom stereocenters. The fourth-order valence-corrected chi connectivity index (χ4v) is 8.52. The minimum absolute atomic E-state index is 0.148. The van der Waals surface area contributed by atoms with Gasteiger partial charge in [-0.25, -0.2) is 4.79 Å². The molecule has 0 amide bonds. The lowest BCUT2D eigenvalue weighted by molar-refractivity contribution is -0.143. The molecule has 4 aliphatic carbocycles. The van der Waals surface area contributed by atoms with E-state index in [1.807, 2.05) is 36.4 Å². The fourth-order valence-electron chi connectivity index (χ4n) is 8.52. The average Bonchev–Trinajstić information content (AvgIpc) is 3.57. The second kappa shape index (κ2) is 9.87. The predicted octanol–water partition coefficient (Wildman–Crippen LogP) is 6.01. The van der Waals surface area contributed by atoms with Crippen molar-refractivity contribution in [1.29, 1.82) is 0 Å². The highest BCUT2D eigenvalue weighted by Crippen LogP contribution is 2.62. The number of hydrogen-bond donors (Lipinski definition) is 0. The van der Waals surface area contributed by atoms with Gasteiger partial charge in [-0.2, -0.15) is 0 Å². The van der Waals surface area contributed by atoms with Gasteiger partial charge in [-0.3, -0.25) is 4.79 Å². The molecular weight excluding hydrogens is 424 g/mol. The summed E-state index contributed by atoms with van der Waals surface area (Å²) in [6.07, 6.45) is 9.82. The number of rotatable bonds is 8. The number of carbonyl (C=O) groups is 2. The van der Waals surface area contributed by atoms with Crippen LogP contribution >= 0.6 is 0 Å². The molecule has 184 valence electrons. The molecule has 0 aromatic heterocycles. The molecule has 4 aliphatic rings. The minimum Gasteiger partial charge on any atom is -0.466 e. The first-order valence-electron chi connectivity index (χ1n) is 13.4. The highest BCUT2D eigenvalue weighted by Gasteiger charge is 2.55. The molecule has 1 aromatic rings. The van der Waals surface area contributed by atoms with Crippen molar-refractivity contribution in [3.63, 3.8) is 0 Å². The summed E-state index contributed by atoms with van der Waals surface area (Å²) in [7, 11) is 0. The number of esters is 2. The smallest absolute Gasteiger partial charge is 0.330 e. The zero-order chi connectivity index (χ0) is 23.8. The van der Waals surface area contributed by atoms with Crippen LogP contribution in [0.2, 0.25) is 0 Å². The van der Waals surface area contributed by atoms with Crippen LogP contribution in [0.15, 0.2) is 36.4 Å². The van der Waals surface area contributed by atoms with Crippen LogP contribution in [-0.4, -0.2) is 25.2 Å². The number of ether oxygens (including phenoxy) is 2. The molecule has 4 heteroatoms. The Morgan fingerprint density at radius 2 is 1.53 bits per heavy atom. The van der Waals surface area contributed by atoms with E-state index in [2.05, 4.69) is 13.8 Å². The van der Waals surface area contributed by atoms with Gasteiger partial charge in [0.2, 0.25) is 0 Å². The van der Waals surface area contributed by atoms with Crippen LogP contribution < -0.4 is 0 Å². The quantitative estimate of drug-likeness (QED) is 0.349. The molecular formula is C30H40O4. The molecule has 34 heavy (non-hydrogen) atoms. The van der Waals surface area contributed by atoms with Crippen molar-refractivity contribution < 1.29 is 19.1 Å². The van der Waals surface area contributed by atoms with Crippen LogP contribution in [0.5, 0.6) is 0 Å². The molecule has 10 atom stereocenters. The van der Waals surface area contributed by atoms with E-state index < -0.39 is 0 Å². The predicted molar refractivity (Wildman–Crippen MR) is 132 cm³/mol. The maximum absolute atomic E-state index is 12.3. The van der Waals surface area contributed by atoms with E-state index in [4.69, 9.17) is 9.47 Å². The second-order valence-corrected chi connectivity index (χ2v) is 11.8. The molecule has 0 aliphatic heterocycles. The summed E-state index contributed by atoms with van der Waals surface area (Å²) in [6.45, 7) is 7.62. The van der Waals surface area contributed by atoms with E-state index in [0.29, 0.717) is 31.0 Å². The van der Waals surface area contributed by atoms with E-state index in [0.717, 1.165) is 47.0 Å². The SMILES string of the molecule is CC(=O)OCC1CC2CC1C(C)C2CC1C(C)C2CC(COC(=O)/C=C/c3ccccc3)C1C2. The van der Waals surface area contributed by atoms with Crippen LogP contribution in [0, 0.1) is 59.2 Å². The van der Waals surface area contributed by atoms with E-state index in [-0.39, 0.29) is 11.9 Å². The van der Waals surface area contributed by atoms with Gasteiger partial charge in [0.1, 0.15) is 0 Å². The zero-order valence-electron chi connectivity index (χ0n) is 20.9. The Morgan fingerprint density at radius 1 is 0.853 bits per heavy atom. The Morgan fingerprint density at radius 3 is 2.24 bits per heavy atom.